The zero-order valence-electron chi connectivity index (χ0n) is 17.8. The highest BCUT2D eigenvalue weighted by Gasteiger charge is 2.53. The van der Waals surface area contributed by atoms with Gasteiger partial charge in [-0.15, -0.1) is 0 Å². The van der Waals surface area contributed by atoms with Gasteiger partial charge in [0.1, 0.15) is 11.9 Å². The van der Waals surface area contributed by atoms with Gasteiger partial charge >= 0.3 is 0 Å². The van der Waals surface area contributed by atoms with Crippen molar-refractivity contribution in [1.82, 2.24) is 5.06 Å². The molecular weight excluding hydrogens is 326 g/mol. The Labute approximate surface area is 159 Å². The third-order valence-corrected chi connectivity index (χ3v) is 5.49. The maximum atomic E-state index is 12.1. The largest absolute Gasteiger partial charge is 0.488 e. The van der Waals surface area contributed by atoms with Gasteiger partial charge in [-0.25, -0.2) is 0 Å². The molecule has 0 saturated heterocycles. The Morgan fingerprint density at radius 1 is 1.15 bits per heavy atom. The van der Waals surface area contributed by atoms with Crippen molar-refractivity contribution in [2.45, 2.75) is 104 Å². The fraction of sp³-hybridized carbons (Fsp3) is 0.773. The monoisotopic (exact) mass is 363 g/mol. The third kappa shape index (κ3) is 4.23. The molecule has 0 N–H and O–H groups in total. The van der Waals surface area contributed by atoms with Crippen molar-refractivity contribution in [2.75, 3.05) is 6.61 Å². The lowest BCUT2D eigenvalue weighted by atomic mass is 9.78. The average Bonchev–Trinajstić information content (AvgIpc) is 2.85. The van der Waals surface area contributed by atoms with E-state index in [-0.39, 0.29) is 23.0 Å². The highest BCUT2D eigenvalue weighted by atomic mass is 16.7. The van der Waals surface area contributed by atoms with Crippen molar-refractivity contribution in [2.24, 2.45) is 0 Å². The number of nitrogens with zero attached hydrogens (tertiary/aromatic N) is 1. The Morgan fingerprint density at radius 3 is 2.38 bits per heavy atom. The van der Waals surface area contributed by atoms with Gasteiger partial charge in [0, 0.05) is 5.57 Å². The number of ether oxygens (including phenoxy) is 1. The van der Waals surface area contributed by atoms with E-state index in [1.807, 2.05) is 6.92 Å². The number of carbonyl (C=O) groups is 1. The minimum atomic E-state index is -0.353. The van der Waals surface area contributed by atoms with E-state index in [4.69, 9.17) is 9.57 Å². The van der Waals surface area contributed by atoms with Crippen LogP contribution in [-0.4, -0.2) is 34.6 Å². The Balaban J connectivity index is 2.06. The molecular formula is C22H37NO3. The molecule has 1 unspecified atom stereocenters. The van der Waals surface area contributed by atoms with Gasteiger partial charge in [0.25, 0.3) is 0 Å². The van der Waals surface area contributed by atoms with Crippen molar-refractivity contribution in [3.05, 3.63) is 23.0 Å². The first-order valence-corrected chi connectivity index (χ1v) is 10.2. The van der Waals surface area contributed by atoms with Crippen LogP contribution in [0.4, 0.5) is 0 Å². The Bertz CT molecular complexity index is 586. The summed E-state index contributed by atoms with van der Waals surface area (Å²) in [7, 11) is 0. The molecule has 0 aromatic heterocycles. The molecule has 4 heteroatoms. The van der Waals surface area contributed by atoms with E-state index in [0.29, 0.717) is 0 Å². The summed E-state index contributed by atoms with van der Waals surface area (Å²) in [5.74, 6) is 0.805. The average molecular weight is 364 g/mol. The second-order valence-electron chi connectivity index (χ2n) is 8.79. The van der Waals surface area contributed by atoms with Gasteiger partial charge in [-0.2, -0.15) is 5.06 Å². The van der Waals surface area contributed by atoms with Crippen LogP contribution in [0, 0.1) is 0 Å². The van der Waals surface area contributed by atoms with Crippen molar-refractivity contribution in [3.63, 3.8) is 0 Å². The van der Waals surface area contributed by atoms with Crippen LogP contribution in [0.1, 0.15) is 87.0 Å². The highest BCUT2D eigenvalue weighted by molar-refractivity contribution is 5.99. The number of fused-ring (bicyclic) bond motifs is 1. The second-order valence-corrected chi connectivity index (χ2v) is 8.79. The summed E-state index contributed by atoms with van der Waals surface area (Å²) in [6, 6.07) is 0. The lowest BCUT2D eigenvalue weighted by Gasteiger charge is -2.52. The number of hydrogen-bond donors (Lipinski definition) is 0. The van der Waals surface area contributed by atoms with E-state index in [1.165, 1.54) is 32.1 Å². The van der Waals surface area contributed by atoms with E-state index < -0.39 is 0 Å². The van der Waals surface area contributed by atoms with E-state index >= 15 is 0 Å². The first kappa shape index (κ1) is 21.2. The van der Waals surface area contributed by atoms with E-state index in [9.17, 15) is 4.79 Å². The van der Waals surface area contributed by atoms with Gasteiger partial charge in [0.05, 0.1) is 23.3 Å². The zero-order chi connectivity index (χ0) is 19.5. The number of ketones is 1. The quantitative estimate of drug-likeness (QED) is 0.518. The summed E-state index contributed by atoms with van der Waals surface area (Å²) >= 11 is 0. The zero-order valence-corrected chi connectivity index (χ0v) is 17.8. The van der Waals surface area contributed by atoms with Gasteiger partial charge in [-0.3, -0.25) is 9.63 Å². The summed E-state index contributed by atoms with van der Waals surface area (Å²) in [6.07, 6.45) is 9.47. The molecule has 0 bridgehead atoms. The Morgan fingerprint density at radius 2 is 1.77 bits per heavy atom. The van der Waals surface area contributed by atoms with Crippen LogP contribution < -0.4 is 0 Å². The molecule has 0 spiro atoms. The minimum absolute atomic E-state index is 0.0734. The molecule has 26 heavy (non-hydrogen) atoms. The molecule has 2 aliphatic heterocycles. The summed E-state index contributed by atoms with van der Waals surface area (Å²) in [4.78, 5) is 18.4. The molecule has 2 aliphatic rings. The fourth-order valence-corrected chi connectivity index (χ4v) is 4.42. The Kier molecular flexibility index (Phi) is 6.73. The van der Waals surface area contributed by atoms with Crippen LogP contribution in [0.5, 0.6) is 0 Å². The normalized spacial score (nSPS) is 24.3. The van der Waals surface area contributed by atoms with Gasteiger partial charge < -0.3 is 4.74 Å². The summed E-state index contributed by atoms with van der Waals surface area (Å²) in [5.41, 5.74) is 1.11. The molecule has 0 aromatic carbocycles. The van der Waals surface area contributed by atoms with Crippen molar-refractivity contribution >= 4 is 5.78 Å². The molecule has 0 saturated carbocycles. The van der Waals surface area contributed by atoms with Crippen LogP contribution in [-0.2, 0) is 14.4 Å². The van der Waals surface area contributed by atoms with Crippen LogP contribution in [0.2, 0.25) is 0 Å². The topological polar surface area (TPSA) is 38.8 Å². The summed E-state index contributed by atoms with van der Waals surface area (Å²) < 4.78 is 6.12. The molecule has 4 nitrogen and oxygen atoms in total. The van der Waals surface area contributed by atoms with Crippen molar-refractivity contribution < 1.29 is 14.4 Å². The van der Waals surface area contributed by atoms with E-state index in [1.54, 1.807) is 6.92 Å². The third-order valence-electron chi connectivity index (χ3n) is 5.49. The molecule has 0 amide bonds. The molecule has 0 aromatic rings. The van der Waals surface area contributed by atoms with Crippen LogP contribution in [0.3, 0.4) is 0 Å². The molecule has 0 fully saturated rings. The summed E-state index contributed by atoms with van der Waals surface area (Å²) in [5, 5.41) is 2.08. The summed E-state index contributed by atoms with van der Waals surface area (Å²) in [6.45, 7) is 15.0. The number of rotatable bonds is 9. The van der Waals surface area contributed by atoms with E-state index in [0.717, 1.165) is 29.9 Å². The number of allylic oxidation sites excluding steroid dienone is 1. The van der Waals surface area contributed by atoms with E-state index in [2.05, 4.69) is 45.8 Å². The number of Topliss-reactive ketones (excluding diaryl/α,β-unsaturated/α-hetero) is 1. The first-order chi connectivity index (χ1) is 12.1. The Hall–Kier alpha value is -1.13. The number of hydrogen-bond acceptors (Lipinski definition) is 4. The predicted octanol–water partition coefficient (Wildman–Crippen LogP) is 5.34. The van der Waals surface area contributed by atoms with Crippen molar-refractivity contribution in [3.8, 4) is 0 Å². The minimum Gasteiger partial charge on any atom is -0.488 e. The standard InChI is InChI=1S/C22H37NO3/c1-8-9-10-11-12-13-14-25-23-21(4,5)15-18-19(16(2)24)17(3)26-20(18)22(23,6)7/h15,20H,8-14H2,1-7H3. The number of hydroxylamine groups is 2. The molecule has 1 atom stereocenters. The molecule has 2 heterocycles. The second kappa shape index (κ2) is 8.26. The van der Waals surface area contributed by atoms with Crippen molar-refractivity contribution in [1.29, 1.82) is 0 Å². The van der Waals surface area contributed by atoms with Crippen LogP contribution >= 0.6 is 0 Å². The smallest absolute Gasteiger partial charge is 0.163 e. The molecule has 2 rings (SSSR count). The maximum absolute atomic E-state index is 12.1. The van der Waals surface area contributed by atoms with Crippen LogP contribution in [0.15, 0.2) is 23.0 Å². The molecule has 148 valence electrons. The predicted molar refractivity (Wildman–Crippen MR) is 106 cm³/mol. The highest BCUT2D eigenvalue weighted by Crippen LogP contribution is 2.46. The lowest BCUT2D eigenvalue weighted by Crippen LogP contribution is -2.63. The van der Waals surface area contributed by atoms with Gasteiger partial charge in [-0.1, -0.05) is 45.1 Å². The van der Waals surface area contributed by atoms with Crippen LogP contribution in [0.25, 0.3) is 0 Å². The first-order valence-electron chi connectivity index (χ1n) is 10.2. The van der Waals surface area contributed by atoms with Gasteiger partial charge in [0.15, 0.2) is 5.78 Å². The molecule has 0 aliphatic carbocycles. The molecule has 0 radical (unpaired) electrons. The lowest BCUT2D eigenvalue weighted by molar-refractivity contribution is -0.275. The fourth-order valence-electron chi connectivity index (χ4n) is 4.42. The maximum Gasteiger partial charge on any atom is 0.163 e. The SMILES string of the molecule is CCCCCCCCON1C(C)(C)C=C2C(C(C)=O)=C(C)OC2C1(C)C. The van der Waals surface area contributed by atoms with Gasteiger partial charge in [0.2, 0.25) is 0 Å². The van der Waals surface area contributed by atoms with Gasteiger partial charge in [-0.05, 0) is 48.0 Å². The number of unbranched alkanes of at least 4 members (excludes halogenated alkanes) is 5. The number of carbonyl (C=O) groups excluding carboxylic acids is 1.